The predicted molar refractivity (Wildman–Crippen MR) is 70.0 cm³/mol. The summed E-state index contributed by atoms with van der Waals surface area (Å²) in [6.45, 7) is 0.514. The zero-order valence-corrected chi connectivity index (χ0v) is 11.2. The van der Waals surface area contributed by atoms with Gasteiger partial charge in [-0.3, -0.25) is 0 Å². The van der Waals surface area contributed by atoms with Gasteiger partial charge in [0.05, 0.1) is 5.75 Å². The third-order valence-electron chi connectivity index (χ3n) is 2.50. The molecule has 0 saturated carbocycles. The summed E-state index contributed by atoms with van der Waals surface area (Å²) in [5.74, 6) is 0.109. The van der Waals surface area contributed by atoms with Crippen molar-refractivity contribution in [3.8, 4) is 0 Å². The molecule has 2 rings (SSSR count). The van der Waals surface area contributed by atoms with Crippen LogP contribution in [-0.2, 0) is 16.4 Å². The molecule has 1 unspecified atom stereocenters. The summed E-state index contributed by atoms with van der Waals surface area (Å²) in [5.41, 5.74) is 0.897. The minimum Gasteiger partial charge on any atom is -0.305 e. The summed E-state index contributed by atoms with van der Waals surface area (Å²) in [6, 6.07) is 5.10. The Hall–Kier alpha value is -0.550. The van der Waals surface area contributed by atoms with Gasteiger partial charge in [-0.25, -0.2) is 8.42 Å². The van der Waals surface area contributed by atoms with Crippen LogP contribution >= 0.6 is 23.2 Å². The number of benzene rings is 1. The Morgan fingerprint density at radius 1 is 1.35 bits per heavy atom. The van der Waals surface area contributed by atoms with E-state index in [9.17, 15) is 8.42 Å². The molecule has 17 heavy (non-hydrogen) atoms. The fourth-order valence-electron chi connectivity index (χ4n) is 1.61. The molecule has 0 bridgehead atoms. The van der Waals surface area contributed by atoms with Crippen LogP contribution in [0.4, 0.5) is 0 Å². The highest BCUT2D eigenvalue weighted by atomic mass is 35.5. The van der Waals surface area contributed by atoms with Gasteiger partial charge in [0.1, 0.15) is 0 Å². The molecule has 1 aliphatic heterocycles. The molecule has 0 spiro atoms. The standard InChI is InChI=1S/C11H11Cl2NO2S/c12-9-2-1-8(11(13)5-9)6-14-10-3-4-17(15,16)7-10/h1-5,10,14H,6-7H2. The Kier molecular flexibility index (Phi) is 3.78. The molecule has 92 valence electrons. The first-order chi connectivity index (χ1) is 7.96. The van der Waals surface area contributed by atoms with E-state index in [1.807, 2.05) is 6.07 Å². The fourth-order valence-corrected chi connectivity index (χ4v) is 3.35. The van der Waals surface area contributed by atoms with Crippen LogP contribution in [0.3, 0.4) is 0 Å². The molecule has 6 heteroatoms. The van der Waals surface area contributed by atoms with Gasteiger partial charge in [-0.05, 0) is 17.7 Å². The topological polar surface area (TPSA) is 46.2 Å². The van der Waals surface area contributed by atoms with Crippen LogP contribution in [0.2, 0.25) is 10.0 Å². The van der Waals surface area contributed by atoms with E-state index in [1.54, 1.807) is 18.2 Å². The van der Waals surface area contributed by atoms with Crippen molar-refractivity contribution >= 4 is 33.0 Å². The van der Waals surface area contributed by atoms with E-state index in [0.717, 1.165) is 5.56 Å². The van der Waals surface area contributed by atoms with Gasteiger partial charge in [-0.15, -0.1) is 0 Å². The van der Waals surface area contributed by atoms with Gasteiger partial charge in [0.25, 0.3) is 0 Å². The van der Waals surface area contributed by atoms with E-state index in [2.05, 4.69) is 5.32 Å². The van der Waals surface area contributed by atoms with E-state index in [4.69, 9.17) is 23.2 Å². The lowest BCUT2D eigenvalue weighted by molar-refractivity contribution is 0.590. The Bertz CT molecular complexity index is 555. The van der Waals surface area contributed by atoms with Crippen LogP contribution in [0.25, 0.3) is 0 Å². The lowest BCUT2D eigenvalue weighted by atomic mass is 10.2. The second-order valence-electron chi connectivity index (χ2n) is 3.88. The molecule has 0 saturated heterocycles. The third-order valence-corrected chi connectivity index (χ3v) is 4.48. The van der Waals surface area contributed by atoms with Crippen LogP contribution in [0.5, 0.6) is 0 Å². The van der Waals surface area contributed by atoms with Gasteiger partial charge in [-0.1, -0.05) is 35.3 Å². The summed E-state index contributed by atoms with van der Waals surface area (Å²) >= 11 is 11.8. The van der Waals surface area contributed by atoms with Crippen LogP contribution in [0.15, 0.2) is 29.7 Å². The number of hydrogen-bond acceptors (Lipinski definition) is 3. The van der Waals surface area contributed by atoms with Crippen LogP contribution in [0.1, 0.15) is 5.56 Å². The highest BCUT2D eigenvalue weighted by Crippen LogP contribution is 2.21. The largest absolute Gasteiger partial charge is 0.305 e. The Balaban J connectivity index is 1.97. The van der Waals surface area contributed by atoms with Crippen molar-refractivity contribution < 1.29 is 8.42 Å². The van der Waals surface area contributed by atoms with Crippen molar-refractivity contribution in [1.29, 1.82) is 0 Å². The monoisotopic (exact) mass is 291 g/mol. The maximum atomic E-state index is 11.2. The van der Waals surface area contributed by atoms with Crippen molar-refractivity contribution in [3.63, 3.8) is 0 Å². The Morgan fingerprint density at radius 2 is 2.12 bits per heavy atom. The molecule has 3 nitrogen and oxygen atoms in total. The van der Waals surface area contributed by atoms with E-state index < -0.39 is 9.84 Å². The average molecular weight is 292 g/mol. The molecule has 0 aliphatic carbocycles. The van der Waals surface area contributed by atoms with Crippen molar-refractivity contribution in [2.24, 2.45) is 0 Å². The molecule has 1 heterocycles. The quantitative estimate of drug-likeness (QED) is 0.930. The SMILES string of the molecule is O=S1(=O)C=CC(NCc2ccc(Cl)cc2Cl)C1. The van der Waals surface area contributed by atoms with E-state index in [0.29, 0.717) is 16.6 Å². The first-order valence-electron chi connectivity index (χ1n) is 5.04. The number of nitrogens with one attached hydrogen (secondary N) is 1. The lowest BCUT2D eigenvalue weighted by Crippen LogP contribution is -2.29. The molecular formula is C11H11Cl2NO2S. The zero-order valence-electron chi connectivity index (χ0n) is 8.86. The summed E-state index contributed by atoms with van der Waals surface area (Å²) < 4.78 is 22.4. The van der Waals surface area contributed by atoms with Gasteiger partial charge in [0.15, 0.2) is 9.84 Å². The van der Waals surface area contributed by atoms with E-state index in [1.165, 1.54) is 5.41 Å². The molecule has 1 aromatic rings. The van der Waals surface area contributed by atoms with E-state index in [-0.39, 0.29) is 11.8 Å². The minimum absolute atomic E-state index is 0.109. The normalized spacial score (nSPS) is 21.9. The van der Waals surface area contributed by atoms with Gasteiger partial charge in [-0.2, -0.15) is 0 Å². The van der Waals surface area contributed by atoms with Crippen molar-refractivity contribution in [2.75, 3.05) is 5.75 Å². The molecule has 1 aromatic carbocycles. The fraction of sp³-hybridized carbons (Fsp3) is 0.273. The summed E-state index contributed by atoms with van der Waals surface area (Å²) in [4.78, 5) is 0. The van der Waals surface area contributed by atoms with Crippen LogP contribution in [-0.4, -0.2) is 20.2 Å². The highest BCUT2D eigenvalue weighted by molar-refractivity contribution is 7.94. The van der Waals surface area contributed by atoms with Crippen LogP contribution < -0.4 is 5.32 Å². The van der Waals surface area contributed by atoms with Crippen LogP contribution in [0, 0.1) is 0 Å². The summed E-state index contributed by atoms with van der Waals surface area (Å²) in [5, 5.41) is 5.53. The Morgan fingerprint density at radius 3 is 2.71 bits per heavy atom. The minimum atomic E-state index is -3.01. The summed E-state index contributed by atoms with van der Waals surface area (Å²) in [6.07, 6.45) is 1.65. The molecule has 0 radical (unpaired) electrons. The maximum Gasteiger partial charge on any atom is 0.173 e. The molecule has 0 amide bonds. The van der Waals surface area contributed by atoms with Gasteiger partial charge in [0.2, 0.25) is 0 Å². The van der Waals surface area contributed by atoms with Crippen molar-refractivity contribution in [1.82, 2.24) is 5.32 Å². The number of sulfone groups is 1. The maximum absolute atomic E-state index is 11.2. The first-order valence-corrected chi connectivity index (χ1v) is 7.52. The van der Waals surface area contributed by atoms with Gasteiger partial charge >= 0.3 is 0 Å². The second-order valence-corrected chi connectivity index (χ2v) is 6.66. The molecule has 1 atom stereocenters. The lowest BCUT2D eigenvalue weighted by Gasteiger charge is -2.11. The number of hydrogen-bond donors (Lipinski definition) is 1. The molecular weight excluding hydrogens is 281 g/mol. The molecule has 0 fully saturated rings. The second kappa shape index (κ2) is 4.98. The summed E-state index contributed by atoms with van der Waals surface area (Å²) in [7, 11) is -3.01. The van der Waals surface area contributed by atoms with Gasteiger partial charge < -0.3 is 5.32 Å². The van der Waals surface area contributed by atoms with Crippen molar-refractivity contribution in [2.45, 2.75) is 12.6 Å². The van der Waals surface area contributed by atoms with E-state index >= 15 is 0 Å². The number of rotatable bonds is 3. The van der Waals surface area contributed by atoms with Crippen molar-refractivity contribution in [3.05, 3.63) is 45.3 Å². The zero-order chi connectivity index (χ0) is 12.5. The smallest absolute Gasteiger partial charge is 0.173 e. The first kappa shape index (κ1) is 12.9. The molecule has 0 aromatic heterocycles. The number of halogens is 2. The average Bonchev–Trinajstić information content (AvgIpc) is 2.57. The Labute approximate surface area is 110 Å². The van der Waals surface area contributed by atoms with Gasteiger partial charge in [0, 0.05) is 28.0 Å². The molecule has 1 aliphatic rings. The third kappa shape index (κ3) is 3.45. The highest BCUT2D eigenvalue weighted by Gasteiger charge is 2.20. The predicted octanol–water partition coefficient (Wildman–Crippen LogP) is 2.39. The molecule has 1 N–H and O–H groups in total.